The Bertz CT molecular complexity index is 978. The van der Waals surface area contributed by atoms with E-state index in [1.807, 2.05) is 13.8 Å². The number of hydrogen-bond acceptors (Lipinski definition) is 5. The highest BCUT2D eigenvalue weighted by Gasteiger charge is 2.41. The number of thiophene rings is 1. The Morgan fingerprint density at radius 3 is 2.57 bits per heavy atom. The molecule has 164 valence electrons. The van der Waals surface area contributed by atoms with Crippen molar-refractivity contribution in [3.8, 4) is 0 Å². The van der Waals surface area contributed by atoms with E-state index < -0.39 is 29.8 Å². The molecule has 1 amide bonds. The average Bonchev–Trinajstić information content (AvgIpc) is 3.35. The zero-order valence-corrected chi connectivity index (χ0v) is 18.1. The van der Waals surface area contributed by atoms with Crippen molar-refractivity contribution < 1.29 is 27.5 Å². The van der Waals surface area contributed by atoms with Crippen molar-refractivity contribution in [2.75, 3.05) is 12.4 Å². The summed E-state index contributed by atoms with van der Waals surface area (Å²) in [5.74, 6) is -1.06. The number of nitrogens with zero attached hydrogens (tertiary/aromatic N) is 2. The van der Waals surface area contributed by atoms with Crippen LogP contribution in [0.15, 0.2) is 0 Å². The molecule has 0 radical (unpaired) electrons. The number of halogens is 3. The highest BCUT2D eigenvalue weighted by molar-refractivity contribution is 7.16. The summed E-state index contributed by atoms with van der Waals surface area (Å²) in [6.07, 6.45) is -2.36. The van der Waals surface area contributed by atoms with Gasteiger partial charge in [0.1, 0.15) is 11.0 Å². The fourth-order valence-corrected chi connectivity index (χ4v) is 5.16. The second-order valence-electron chi connectivity index (χ2n) is 7.17. The second-order valence-corrected chi connectivity index (χ2v) is 8.39. The summed E-state index contributed by atoms with van der Waals surface area (Å²) < 4.78 is 46.3. The molecule has 0 unspecified atom stereocenters. The summed E-state index contributed by atoms with van der Waals surface area (Å²) in [6, 6.07) is -0.911. The normalized spacial score (nSPS) is 14.5. The Balaban J connectivity index is 1.98. The molecule has 2 aromatic rings. The van der Waals surface area contributed by atoms with E-state index in [1.165, 1.54) is 23.1 Å². The molecule has 10 heteroatoms. The number of nitrogens with one attached hydrogen (secondary N) is 1. The van der Waals surface area contributed by atoms with Crippen LogP contribution in [0.25, 0.3) is 0 Å². The predicted molar refractivity (Wildman–Crippen MR) is 107 cm³/mol. The van der Waals surface area contributed by atoms with Crippen molar-refractivity contribution in [2.24, 2.45) is 0 Å². The van der Waals surface area contributed by atoms with Gasteiger partial charge in [-0.3, -0.25) is 9.48 Å². The zero-order chi connectivity index (χ0) is 22.2. The highest BCUT2D eigenvalue weighted by Crippen LogP contribution is 2.39. The fraction of sp³-hybridized carbons (Fsp3) is 0.550. The molecule has 1 atom stereocenters. The molecular formula is C20H24F3N3O3S. The lowest BCUT2D eigenvalue weighted by Crippen LogP contribution is -2.28. The number of fused-ring (bicyclic) bond motifs is 1. The molecule has 1 aliphatic carbocycles. The zero-order valence-electron chi connectivity index (χ0n) is 17.3. The molecule has 6 nitrogen and oxygen atoms in total. The lowest BCUT2D eigenvalue weighted by Gasteiger charge is -2.18. The first-order valence-corrected chi connectivity index (χ1v) is 10.6. The molecule has 0 bridgehead atoms. The van der Waals surface area contributed by atoms with Crippen LogP contribution in [-0.4, -0.2) is 28.8 Å². The number of alkyl halides is 3. The van der Waals surface area contributed by atoms with Crippen molar-refractivity contribution in [2.45, 2.75) is 65.1 Å². The lowest BCUT2D eigenvalue weighted by molar-refractivity contribution is -0.142. The van der Waals surface area contributed by atoms with Crippen LogP contribution in [0, 0.1) is 6.92 Å². The number of hydrogen-bond donors (Lipinski definition) is 1. The first-order valence-electron chi connectivity index (χ1n) is 9.82. The lowest BCUT2D eigenvalue weighted by atomic mass is 10.1. The Hall–Kier alpha value is -2.36. The average molecular weight is 443 g/mol. The monoisotopic (exact) mass is 443 g/mol. The van der Waals surface area contributed by atoms with Crippen LogP contribution < -0.4 is 5.32 Å². The number of aromatic nitrogens is 2. The molecule has 2 heterocycles. The van der Waals surface area contributed by atoms with Gasteiger partial charge >= 0.3 is 12.1 Å². The fourth-order valence-electron chi connectivity index (χ4n) is 4.02. The minimum atomic E-state index is -4.56. The van der Waals surface area contributed by atoms with E-state index in [-0.39, 0.29) is 12.0 Å². The van der Waals surface area contributed by atoms with Crippen molar-refractivity contribution in [1.82, 2.24) is 9.78 Å². The molecule has 2 aromatic heterocycles. The van der Waals surface area contributed by atoms with E-state index in [0.717, 1.165) is 10.4 Å². The van der Waals surface area contributed by atoms with Crippen LogP contribution in [-0.2, 0) is 35.0 Å². The number of amides is 1. The SMILES string of the molecule is CCc1c(C)sc(NC(=O)[C@@H](CC)n2nc(C(F)(F)F)c3c2CCC3)c1C(=O)OC. The van der Waals surface area contributed by atoms with E-state index in [0.29, 0.717) is 41.9 Å². The molecule has 1 N–H and O–H groups in total. The number of rotatable bonds is 6. The van der Waals surface area contributed by atoms with Crippen molar-refractivity contribution in [3.63, 3.8) is 0 Å². The molecular weight excluding hydrogens is 419 g/mol. The van der Waals surface area contributed by atoms with Gasteiger partial charge in [0, 0.05) is 16.1 Å². The predicted octanol–water partition coefficient (Wildman–Crippen LogP) is 4.70. The highest BCUT2D eigenvalue weighted by atomic mass is 32.1. The number of anilines is 1. The first-order chi connectivity index (χ1) is 14.1. The molecule has 30 heavy (non-hydrogen) atoms. The molecule has 0 aromatic carbocycles. The summed E-state index contributed by atoms with van der Waals surface area (Å²) in [5.41, 5.74) is 0.831. The van der Waals surface area contributed by atoms with Crippen LogP contribution >= 0.6 is 11.3 Å². The number of methoxy groups -OCH3 is 1. The third kappa shape index (κ3) is 3.84. The number of carbonyl (C=O) groups excluding carboxylic acids is 2. The Labute approximate surface area is 176 Å². The largest absolute Gasteiger partial charge is 0.465 e. The van der Waals surface area contributed by atoms with Crippen LogP contribution in [0.3, 0.4) is 0 Å². The van der Waals surface area contributed by atoms with E-state index in [9.17, 15) is 22.8 Å². The van der Waals surface area contributed by atoms with Crippen LogP contribution in [0.1, 0.15) is 70.5 Å². The van der Waals surface area contributed by atoms with Gasteiger partial charge in [0.2, 0.25) is 5.91 Å². The standard InChI is InChI=1S/C20H24F3N3O3S/c1-5-11-10(3)30-18(15(11)19(28)29-4)24-17(27)13(6-2)26-14-9-7-8-12(14)16(25-26)20(21,22)23/h13H,5-9H2,1-4H3,(H,24,27)/t13-/m1/s1. The van der Waals surface area contributed by atoms with Gasteiger partial charge in [-0.15, -0.1) is 11.3 Å². The summed E-state index contributed by atoms with van der Waals surface area (Å²) in [5, 5.41) is 6.89. The first kappa shape index (κ1) is 22.3. The van der Waals surface area contributed by atoms with Gasteiger partial charge < -0.3 is 10.1 Å². The summed E-state index contributed by atoms with van der Waals surface area (Å²) >= 11 is 1.25. The molecule has 0 fully saturated rings. The van der Waals surface area contributed by atoms with E-state index >= 15 is 0 Å². The summed E-state index contributed by atoms with van der Waals surface area (Å²) in [4.78, 5) is 26.2. The summed E-state index contributed by atoms with van der Waals surface area (Å²) in [7, 11) is 1.26. The molecule has 1 aliphatic rings. The Kier molecular flexibility index (Phi) is 6.26. The van der Waals surface area contributed by atoms with Crippen LogP contribution in [0.4, 0.5) is 18.2 Å². The van der Waals surface area contributed by atoms with Gasteiger partial charge in [-0.2, -0.15) is 18.3 Å². The minimum Gasteiger partial charge on any atom is -0.465 e. The second kappa shape index (κ2) is 8.41. The number of carbonyl (C=O) groups is 2. The number of esters is 1. The van der Waals surface area contributed by atoms with Gasteiger partial charge in [-0.05, 0) is 44.6 Å². The third-order valence-corrected chi connectivity index (χ3v) is 6.46. The van der Waals surface area contributed by atoms with E-state index in [1.54, 1.807) is 6.92 Å². The Morgan fingerprint density at radius 1 is 1.30 bits per heavy atom. The van der Waals surface area contributed by atoms with Gasteiger partial charge in [0.25, 0.3) is 0 Å². The van der Waals surface area contributed by atoms with Crippen LogP contribution in [0.2, 0.25) is 0 Å². The van der Waals surface area contributed by atoms with Gasteiger partial charge in [0.15, 0.2) is 5.69 Å². The topological polar surface area (TPSA) is 73.2 Å². The molecule has 0 saturated carbocycles. The molecule has 0 aliphatic heterocycles. The van der Waals surface area contributed by atoms with Crippen molar-refractivity contribution >= 4 is 28.2 Å². The Morgan fingerprint density at radius 2 is 2.00 bits per heavy atom. The third-order valence-electron chi connectivity index (χ3n) is 5.40. The van der Waals surface area contributed by atoms with E-state index in [2.05, 4.69) is 10.4 Å². The van der Waals surface area contributed by atoms with E-state index in [4.69, 9.17) is 4.74 Å². The number of aryl methyl sites for hydroxylation is 1. The van der Waals surface area contributed by atoms with Gasteiger partial charge in [0.05, 0.1) is 12.7 Å². The molecule has 0 spiro atoms. The maximum atomic E-state index is 13.4. The quantitative estimate of drug-likeness (QED) is 0.657. The maximum Gasteiger partial charge on any atom is 0.435 e. The van der Waals surface area contributed by atoms with Crippen molar-refractivity contribution in [3.05, 3.63) is 33.0 Å². The molecule has 0 saturated heterocycles. The van der Waals surface area contributed by atoms with Crippen molar-refractivity contribution in [1.29, 1.82) is 0 Å². The van der Waals surface area contributed by atoms with Crippen LogP contribution in [0.5, 0.6) is 0 Å². The molecule has 3 rings (SSSR count). The summed E-state index contributed by atoms with van der Waals surface area (Å²) in [6.45, 7) is 5.46. The number of ether oxygens (including phenoxy) is 1. The minimum absolute atomic E-state index is 0.184. The maximum absolute atomic E-state index is 13.4. The smallest absolute Gasteiger partial charge is 0.435 e. The van der Waals surface area contributed by atoms with Gasteiger partial charge in [-0.25, -0.2) is 4.79 Å². The van der Waals surface area contributed by atoms with Gasteiger partial charge in [-0.1, -0.05) is 13.8 Å².